The van der Waals surface area contributed by atoms with Crippen molar-refractivity contribution in [1.82, 2.24) is 14.5 Å². The molecule has 1 fully saturated rings. The van der Waals surface area contributed by atoms with Gasteiger partial charge in [0.15, 0.2) is 0 Å². The Morgan fingerprint density at radius 2 is 2.07 bits per heavy atom. The monoisotopic (exact) mass is 386 g/mol. The minimum atomic E-state index is -0.353. The number of aromatic nitrogens is 3. The standard InChI is InChI=1S/C20H23ClN4O2/c1-20(12-27)11-25(9-13(20)10-26)18-7-14(15(21)8-22-18)19-23-16-5-3-4-6-17(16)24(19)2/h3-8,13,26-27H,9-12H2,1-2H3. The van der Waals surface area contributed by atoms with Crippen LogP contribution in [-0.4, -0.2) is 51.1 Å². The fourth-order valence-electron chi connectivity index (χ4n) is 3.91. The van der Waals surface area contributed by atoms with Crippen LogP contribution in [0, 0.1) is 11.3 Å². The fraction of sp³-hybridized carbons (Fsp3) is 0.400. The molecule has 1 aliphatic heterocycles. The van der Waals surface area contributed by atoms with E-state index in [1.54, 1.807) is 6.20 Å². The number of hydrogen-bond acceptors (Lipinski definition) is 5. The molecule has 142 valence electrons. The van der Waals surface area contributed by atoms with E-state index in [0.717, 1.165) is 28.2 Å². The summed E-state index contributed by atoms with van der Waals surface area (Å²) in [7, 11) is 1.97. The van der Waals surface area contributed by atoms with Crippen molar-refractivity contribution >= 4 is 28.5 Å². The summed E-state index contributed by atoms with van der Waals surface area (Å²) in [5.41, 5.74) is 2.42. The fourth-order valence-corrected chi connectivity index (χ4v) is 4.09. The van der Waals surface area contributed by atoms with Crippen molar-refractivity contribution in [3.05, 3.63) is 41.6 Å². The van der Waals surface area contributed by atoms with E-state index in [4.69, 9.17) is 16.6 Å². The zero-order valence-corrected chi connectivity index (χ0v) is 16.2. The quantitative estimate of drug-likeness (QED) is 0.721. The van der Waals surface area contributed by atoms with Gasteiger partial charge in [-0.2, -0.15) is 0 Å². The summed E-state index contributed by atoms with van der Waals surface area (Å²) in [5.74, 6) is 1.56. The molecule has 1 saturated heterocycles. The molecule has 1 aromatic carbocycles. The number of pyridine rings is 1. The second kappa shape index (κ2) is 6.78. The number of anilines is 1. The molecule has 27 heavy (non-hydrogen) atoms. The molecule has 7 heteroatoms. The summed E-state index contributed by atoms with van der Waals surface area (Å²) in [6.07, 6.45) is 1.65. The SMILES string of the molecule is Cn1c(-c2cc(N3CC(CO)C(C)(CO)C3)ncc2Cl)nc2ccccc21. The first kappa shape index (κ1) is 18.2. The summed E-state index contributed by atoms with van der Waals surface area (Å²) in [6, 6.07) is 9.91. The second-order valence-corrected chi connectivity index (χ2v) is 7.98. The summed E-state index contributed by atoms with van der Waals surface area (Å²) < 4.78 is 2.03. The van der Waals surface area contributed by atoms with Crippen LogP contribution in [0.15, 0.2) is 36.5 Å². The second-order valence-electron chi connectivity index (χ2n) is 7.58. The number of hydrogen-bond donors (Lipinski definition) is 2. The molecule has 0 amide bonds. The highest BCUT2D eigenvalue weighted by Crippen LogP contribution is 2.39. The Morgan fingerprint density at radius 1 is 1.30 bits per heavy atom. The van der Waals surface area contributed by atoms with Crippen LogP contribution >= 0.6 is 11.6 Å². The molecule has 0 radical (unpaired) electrons. The van der Waals surface area contributed by atoms with Crippen molar-refractivity contribution < 1.29 is 10.2 Å². The zero-order valence-electron chi connectivity index (χ0n) is 15.4. The highest BCUT2D eigenvalue weighted by Gasteiger charge is 2.42. The molecule has 0 bridgehead atoms. The van der Waals surface area contributed by atoms with Crippen molar-refractivity contribution in [2.75, 3.05) is 31.2 Å². The predicted molar refractivity (Wildman–Crippen MR) is 107 cm³/mol. The summed E-state index contributed by atoms with van der Waals surface area (Å²) >= 11 is 6.46. The van der Waals surface area contributed by atoms with Gasteiger partial charge in [-0.1, -0.05) is 30.7 Å². The normalized spacial score (nSPS) is 22.7. The smallest absolute Gasteiger partial charge is 0.142 e. The van der Waals surface area contributed by atoms with Crippen LogP contribution in [0.4, 0.5) is 5.82 Å². The number of aliphatic hydroxyl groups is 2. The molecule has 2 unspecified atom stereocenters. The van der Waals surface area contributed by atoms with Crippen molar-refractivity contribution in [3.8, 4) is 11.4 Å². The molecule has 2 aromatic heterocycles. The van der Waals surface area contributed by atoms with E-state index in [1.807, 2.05) is 48.9 Å². The Labute approximate surface area is 163 Å². The lowest BCUT2D eigenvalue weighted by molar-refractivity contribution is 0.0798. The maximum Gasteiger partial charge on any atom is 0.142 e. The molecule has 0 spiro atoms. The molecular formula is C20H23ClN4O2. The van der Waals surface area contributed by atoms with Gasteiger partial charge in [0.1, 0.15) is 11.6 Å². The Bertz CT molecular complexity index is 989. The molecular weight excluding hydrogens is 364 g/mol. The van der Waals surface area contributed by atoms with Crippen LogP contribution < -0.4 is 4.90 Å². The number of para-hydroxylation sites is 2. The van der Waals surface area contributed by atoms with Crippen molar-refractivity contribution in [2.24, 2.45) is 18.4 Å². The first-order valence-corrected chi connectivity index (χ1v) is 9.38. The third-order valence-corrected chi connectivity index (χ3v) is 6.05. The van der Waals surface area contributed by atoms with Crippen molar-refractivity contribution in [2.45, 2.75) is 6.92 Å². The number of imidazole rings is 1. The number of rotatable bonds is 4. The van der Waals surface area contributed by atoms with Crippen LogP contribution in [0.25, 0.3) is 22.4 Å². The topological polar surface area (TPSA) is 74.4 Å². The van der Waals surface area contributed by atoms with E-state index in [2.05, 4.69) is 9.88 Å². The molecule has 2 N–H and O–H groups in total. The predicted octanol–water partition coefficient (Wildman–Crippen LogP) is 2.72. The first-order valence-electron chi connectivity index (χ1n) is 9.01. The summed E-state index contributed by atoms with van der Waals surface area (Å²) in [6.45, 7) is 3.34. The Kier molecular flexibility index (Phi) is 4.58. The molecule has 1 aliphatic rings. The van der Waals surface area contributed by atoms with Gasteiger partial charge in [0, 0.05) is 49.8 Å². The Morgan fingerprint density at radius 3 is 2.74 bits per heavy atom. The van der Waals surface area contributed by atoms with Gasteiger partial charge in [0.25, 0.3) is 0 Å². The van der Waals surface area contributed by atoms with Crippen LogP contribution in [0.1, 0.15) is 6.92 Å². The van der Waals surface area contributed by atoms with Gasteiger partial charge in [-0.15, -0.1) is 0 Å². The maximum atomic E-state index is 9.79. The van der Waals surface area contributed by atoms with Gasteiger partial charge in [-0.3, -0.25) is 0 Å². The van der Waals surface area contributed by atoms with Crippen LogP contribution in [0.5, 0.6) is 0 Å². The van der Waals surface area contributed by atoms with Gasteiger partial charge in [0.2, 0.25) is 0 Å². The number of nitrogens with zero attached hydrogens (tertiary/aromatic N) is 4. The largest absolute Gasteiger partial charge is 0.396 e. The van der Waals surface area contributed by atoms with E-state index in [-0.39, 0.29) is 24.5 Å². The molecule has 6 nitrogen and oxygen atoms in total. The van der Waals surface area contributed by atoms with Crippen LogP contribution in [0.3, 0.4) is 0 Å². The Balaban J connectivity index is 1.75. The number of aliphatic hydroxyl groups excluding tert-OH is 2. The molecule has 0 aliphatic carbocycles. The molecule has 2 atom stereocenters. The number of benzene rings is 1. The van der Waals surface area contributed by atoms with E-state index in [1.165, 1.54) is 0 Å². The number of fused-ring (bicyclic) bond motifs is 1. The summed E-state index contributed by atoms with van der Waals surface area (Å²) in [5, 5.41) is 20.0. The lowest BCUT2D eigenvalue weighted by Gasteiger charge is -2.26. The molecule has 4 rings (SSSR count). The third-order valence-electron chi connectivity index (χ3n) is 5.75. The molecule has 3 heterocycles. The first-order chi connectivity index (χ1) is 13.0. The van der Waals surface area contributed by atoms with Gasteiger partial charge in [-0.25, -0.2) is 9.97 Å². The number of aryl methyl sites for hydroxylation is 1. The molecule has 3 aromatic rings. The lowest BCUT2D eigenvalue weighted by atomic mass is 9.81. The zero-order chi connectivity index (χ0) is 19.2. The highest BCUT2D eigenvalue weighted by molar-refractivity contribution is 6.33. The highest BCUT2D eigenvalue weighted by atomic mass is 35.5. The van der Waals surface area contributed by atoms with E-state index in [0.29, 0.717) is 18.1 Å². The molecule has 0 saturated carbocycles. The van der Waals surface area contributed by atoms with Gasteiger partial charge in [-0.05, 0) is 18.2 Å². The van der Waals surface area contributed by atoms with Crippen LogP contribution in [-0.2, 0) is 7.05 Å². The number of halogens is 1. The van der Waals surface area contributed by atoms with E-state index in [9.17, 15) is 10.2 Å². The maximum absolute atomic E-state index is 9.79. The van der Waals surface area contributed by atoms with Crippen molar-refractivity contribution in [1.29, 1.82) is 0 Å². The Hall–Kier alpha value is -2.15. The van der Waals surface area contributed by atoms with Crippen LogP contribution in [0.2, 0.25) is 5.02 Å². The van der Waals surface area contributed by atoms with E-state index < -0.39 is 0 Å². The van der Waals surface area contributed by atoms with Crippen molar-refractivity contribution in [3.63, 3.8) is 0 Å². The lowest BCUT2D eigenvalue weighted by Crippen LogP contribution is -2.32. The van der Waals surface area contributed by atoms with Gasteiger partial charge < -0.3 is 19.7 Å². The average molecular weight is 387 g/mol. The van der Waals surface area contributed by atoms with E-state index >= 15 is 0 Å². The minimum absolute atomic E-state index is 0.000762. The summed E-state index contributed by atoms with van der Waals surface area (Å²) in [4.78, 5) is 11.3. The van der Waals surface area contributed by atoms with Gasteiger partial charge >= 0.3 is 0 Å². The minimum Gasteiger partial charge on any atom is -0.396 e. The van der Waals surface area contributed by atoms with Gasteiger partial charge in [0.05, 0.1) is 22.7 Å². The average Bonchev–Trinajstić information content (AvgIpc) is 3.20. The third kappa shape index (κ3) is 2.98.